The highest BCUT2D eigenvalue weighted by atomic mass is 19.1. The van der Waals surface area contributed by atoms with E-state index in [0.29, 0.717) is 17.3 Å². The Balaban J connectivity index is 1.86. The average Bonchev–Trinajstić information content (AvgIpc) is 2.62. The third kappa shape index (κ3) is 3.98. The van der Waals surface area contributed by atoms with E-state index < -0.39 is 0 Å². The number of rotatable bonds is 4. The average molecular weight is 336 g/mol. The summed E-state index contributed by atoms with van der Waals surface area (Å²) in [4.78, 5) is 22.7. The van der Waals surface area contributed by atoms with E-state index in [1.165, 1.54) is 17.0 Å². The number of aryl methyl sites for hydroxylation is 1. The molecule has 0 aliphatic carbocycles. The minimum absolute atomic E-state index is 0.237. The van der Waals surface area contributed by atoms with Crippen LogP contribution in [0.5, 0.6) is 0 Å². The van der Waals surface area contributed by atoms with Gasteiger partial charge in [-0.3, -0.25) is 4.79 Å². The topological polar surface area (TPSA) is 58.1 Å². The van der Waals surface area contributed by atoms with Gasteiger partial charge in [0.25, 0.3) is 5.91 Å². The maximum Gasteiger partial charge on any atom is 0.276 e. The number of halogens is 1. The normalized spacial score (nSPS) is 10.4. The molecule has 1 N–H and O–H groups in total. The fourth-order valence-electron chi connectivity index (χ4n) is 2.36. The van der Waals surface area contributed by atoms with Crippen LogP contribution < -0.4 is 10.2 Å². The van der Waals surface area contributed by atoms with Crippen LogP contribution in [0.4, 0.5) is 21.6 Å². The molecule has 0 saturated heterocycles. The number of para-hydroxylation sites is 1. The SMILES string of the molecule is Cc1nc(Nc2ccc(F)cc2)cc(C(=O)N(C)c2ccccc2)n1. The van der Waals surface area contributed by atoms with E-state index in [1.807, 2.05) is 30.3 Å². The van der Waals surface area contributed by atoms with Crippen molar-refractivity contribution in [1.82, 2.24) is 9.97 Å². The lowest BCUT2D eigenvalue weighted by atomic mass is 10.2. The van der Waals surface area contributed by atoms with E-state index in [-0.39, 0.29) is 17.4 Å². The van der Waals surface area contributed by atoms with Crippen molar-refractivity contribution in [2.75, 3.05) is 17.3 Å². The predicted molar refractivity (Wildman–Crippen MR) is 95.6 cm³/mol. The number of nitrogens with one attached hydrogen (secondary N) is 1. The molecular formula is C19H17FN4O. The molecule has 0 unspecified atom stereocenters. The Kier molecular flexibility index (Phi) is 4.70. The number of hydrogen-bond acceptors (Lipinski definition) is 4. The third-order valence-corrected chi connectivity index (χ3v) is 3.62. The summed E-state index contributed by atoms with van der Waals surface area (Å²) in [5.74, 6) is 0.393. The highest BCUT2D eigenvalue weighted by molar-refractivity contribution is 6.04. The largest absolute Gasteiger partial charge is 0.340 e. The summed E-state index contributed by atoms with van der Waals surface area (Å²) in [6.07, 6.45) is 0. The minimum Gasteiger partial charge on any atom is -0.340 e. The van der Waals surface area contributed by atoms with Crippen LogP contribution in [0.3, 0.4) is 0 Å². The number of hydrogen-bond donors (Lipinski definition) is 1. The molecule has 5 nitrogen and oxygen atoms in total. The van der Waals surface area contributed by atoms with E-state index >= 15 is 0 Å². The first-order valence-electron chi connectivity index (χ1n) is 7.74. The Morgan fingerprint density at radius 2 is 1.72 bits per heavy atom. The first-order chi connectivity index (χ1) is 12.0. The lowest BCUT2D eigenvalue weighted by molar-refractivity contribution is 0.0988. The highest BCUT2D eigenvalue weighted by Gasteiger charge is 2.16. The van der Waals surface area contributed by atoms with Gasteiger partial charge in [0.2, 0.25) is 0 Å². The van der Waals surface area contributed by atoms with Crippen LogP contribution in [0.15, 0.2) is 60.7 Å². The van der Waals surface area contributed by atoms with Gasteiger partial charge >= 0.3 is 0 Å². The Labute approximate surface area is 145 Å². The van der Waals surface area contributed by atoms with Crippen molar-refractivity contribution in [2.24, 2.45) is 0 Å². The molecule has 2 aromatic carbocycles. The van der Waals surface area contributed by atoms with Gasteiger partial charge in [-0.05, 0) is 43.3 Å². The van der Waals surface area contributed by atoms with Crippen molar-refractivity contribution in [3.05, 3.63) is 78.0 Å². The van der Waals surface area contributed by atoms with E-state index in [9.17, 15) is 9.18 Å². The van der Waals surface area contributed by atoms with Crippen molar-refractivity contribution in [3.63, 3.8) is 0 Å². The zero-order valence-electron chi connectivity index (χ0n) is 13.9. The molecular weight excluding hydrogens is 319 g/mol. The summed E-state index contributed by atoms with van der Waals surface area (Å²) in [5, 5.41) is 3.06. The van der Waals surface area contributed by atoms with Crippen LogP contribution in [0, 0.1) is 12.7 Å². The van der Waals surface area contributed by atoms with Crippen LogP contribution in [0.2, 0.25) is 0 Å². The van der Waals surface area contributed by atoms with Crippen LogP contribution in [0.1, 0.15) is 16.3 Å². The van der Waals surface area contributed by atoms with Crippen LogP contribution >= 0.6 is 0 Å². The minimum atomic E-state index is -0.315. The lowest BCUT2D eigenvalue weighted by Crippen LogP contribution is -2.27. The summed E-state index contributed by atoms with van der Waals surface area (Å²) in [5.41, 5.74) is 1.73. The molecule has 0 aliphatic rings. The quantitative estimate of drug-likeness (QED) is 0.784. The summed E-state index contributed by atoms with van der Waals surface area (Å²) in [6, 6.07) is 16.8. The molecule has 0 spiro atoms. The zero-order chi connectivity index (χ0) is 17.8. The second kappa shape index (κ2) is 7.09. The zero-order valence-corrected chi connectivity index (χ0v) is 13.9. The predicted octanol–water partition coefficient (Wildman–Crippen LogP) is 3.94. The molecule has 1 amide bonds. The number of aromatic nitrogens is 2. The molecule has 0 radical (unpaired) electrons. The molecule has 1 aromatic heterocycles. The summed E-state index contributed by atoms with van der Waals surface area (Å²) in [6.45, 7) is 1.72. The molecule has 0 bridgehead atoms. The number of nitrogens with zero attached hydrogens (tertiary/aromatic N) is 3. The Hall–Kier alpha value is -3.28. The van der Waals surface area contributed by atoms with Gasteiger partial charge in [-0.25, -0.2) is 14.4 Å². The van der Waals surface area contributed by atoms with E-state index in [1.54, 1.807) is 32.2 Å². The van der Waals surface area contributed by atoms with Crippen molar-refractivity contribution >= 4 is 23.1 Å². The van der Waals surface area contributed by atoms with Crippen LogP contribution in [-0.4, -0.2) is 22.9 Å². The lowest BCUT2D eigenvalue weighted by Gasteiger charge is -2.17. The maximum atomic E-state index is 13.0. The number of amides is 1. The smallest absolute Gasteiger partial charge is 0.276 e. The highest BCUT2D eigenvalue weighted by Crippen LogP contribution is 2.18. The molecule has 3 aromatic rings. The van der Waals surface area contributed by atoms with Crippen molar-refractivity contribution < 1.29 is 9.18 Å². The standard InChI is InChI=1S/C19H17FN4O/c1-13-21-17(19(25)24(2)16-6-4-3-5-7-16)12-18(22-13)23-15-10-8-14(20)9-11-15/h3-12H,1-2H3,(H,21,22,23). The van der Waals surface area contributed by atoms with Gasteiger partial charge in [-0.1, -0.05) is 18.2 Å². The van der Waals surface area contributed by atoms with Crippen LogP contribution in [0.25, 0.3) is 0 Å². The number of carbonyl (C=O) groups excluding carboxylic acids is 1. The molecule has 0 fully saturated rings. The Morgan fingerprint density at radius 3 is 2.40 bits per heavy atom. The Morgan fingerprint density at radius 1 is 1.04 bits per heavy atom. The summed E-state index contributed by atoms with van der Waals surface area (Å²) < 4.78 is 13.0. The first-order valence-corrected chi connectivity index (χ1v) is 7.74. The van der Waals surface area contributed by atoms with Gasteiger partial charge in [0.15, 0.2) is 0 Å². The molecule has 126 valence electrons. The molecule has 3 rings (SSSR count). The number of carbonyl (C=O) groups is 1. The molecule has 0 aliphatic heterocycles. The second-order valence-corrected chi connectivity index (χ2v) is 5.52. The second-order valence-electron chi connectivity index (χ2n) is 5.52. The van der Waals surface area contributed by atoms with E-state index in [2.05, 4.69) is 15.3 Å². The molecule has 1 heterocycles. The van der Waals surface area contributed by atoms with Gasteiger partial charge < -0.3 is 10.2 Å². The van der Waals surface area contributed by atoms with E-state index in [4.69, 9.17) is 0 Å². The summed E-state index contributed by atoms with van der Waals surface area (Å²) >= 11 is 0. The van der Waals surface area contributed by atoms with Gasteiger partial charge in [-0.15, -0.1) is 0 Å². The van der Waals surface area contributed by atoms with Crippen molar-refractivity contribution in [3.8, 4) is 0 Å². The van der Waals surface area contributed by atoms with Crippen LogP contribution in [-0.2, 0) is 0 Å². The van der Waals surface area contributed by atoms with Gasteiger partial charge in [0.05, 0.1) is 0 Å². The third-order valence-electron chi connectivity index (χ3n) is 3.62. The van der Waals surface area contributed by atoms with Crippen molar-refractivity contribution in [2.45, 2.75) is 6.92 Å². The van der Waals surface area contributed by atoms with Crippen molar-refractivity contribution in [1.29, 1.82) is 0 Å². The monoisotopic (exact) mass is 336 g/mol. The fraction of sp³-hybridized carbons (Fsp3) is 0.105. The number of anilines is 3. The van der Waals surface area contributed by atoms with Gasteiger partial charge in [0.1, 0.15) is 23.2 Å². The summed E-state index contributed by atoms with van der Waals surface area (Å²) in [7, 11) is 1.70. The molecule has 6 heteroatoms. The Bertz CT molecular complexity index is 882. The van der Waals surface area contributed by atoms with Gasteiger partial charge in [0, 0.05) is 24.5 Å². The van der Waals surface area contributed by atoms with Gasteiger partial charge in [-0.2, -0.15) is 0 Å². The first kappa shape index (κ1) is 16.6. The number of benzene rings is 2. The molecule has 0 atom stereocenters. The maximum absolute atomic E-state index is 13.0. The molecule has 0 saturated carbocycles. The molecule has 25 heavy (non-hydrogen) atoms. The fourth-order valence-corrected chi connectivity index (χ4v) is 2.36. The van der Waals surface area contributed by atoms with E-state index in [0.717, 1.165) is 5.69 Å².